The molecule has 21 heavy (non-hydrogen) atoms. The molecule has 1 aromatic carbocycles. The van der Waals surface area contributed by atoms with E-state index in [4.69, 9.17) is 0 Å². The Labute approximate surface area is 130 Å². The van der Waals surface area contributed by atoms with E-state index in [1.807, 2.05) is 37.4 Å². The van der Waals surface area contributed by atoms with E-state index >= 15 is 0 Å². The highest BCUT2D eigenvalue weighted by atomic mass is 32.2. The van der Waals surface area contributed by atoms with Crippen LogP contribution in [0.3, 0.4) is 0 Å². The van der Waals surface area contributed by atoms with Crippen molar-refractivity contribution in [2.45, 2.75) is 30.5 Å². The van der Waals surface area contributed by atoms with Gasteiger partial charge in [0.25, 0.3) is 10.0 Å². The van der Waals surface area contributed by atoms with Crippen LogP contribution < -0.4 is 10.0 Å². The zero-order valence-electron chi connectivity index (χ0n) is 12.2. The van der Waals surface area contributed by atoms with Crippen molar-refractivity contribution in [3.05, 3.63) is 46.8 Å². The molecule has 0 unspecified atom stereocenters. The molecule has 0 bridgehead atoms. The Morgan fingerprint density at radius 3 is 2.62 bits per heavy atom. The summed E-state index contributed by atoms with van der Waals surface area (Å²) in [5.41, 5.74) is 1.69. The third kappa shape index (κ3) is 4.06. The van der Waals surface area contributed by atoms with Gasteiger partial charge in [0.05, 0.1) is 5.69 Å². The van der Waals surface area contributed by atoms with Crippen LogP contribution >= 0.6 is 11.3 Å². The molecule has 2 aromatic rings. The van der Waals surface area contributed by atoms with E-state index in [2.05, 4.69) is 17.0 Å². The third-order valence-electron chi connectivity index (χ3n) is 3.03. The summed E-state index contributed by atoms with van der Waals surface area (Å²) in [6.45, 7) is 2.75. The lowest BCUT2D eigenvalue weighted by Crippen LogP contribution is -2.13. The average molecular weight is 324 g/mol. The normalized spacial score (nSPS) is 11.5. The SMILES string of the molecule is CCCc1ccccc1NS(=O)(=O)c1ccc(CNC)s1. The molecule has 0 saturated carbocycles. The molecule has 6 heteroatoms. The van der Waals surface area contributed by atoms with E-state index in [0.29, 0.717) is 16.4 Å². The minimum Gasteiger partial charge on any atom is -0.315 e. The van der Waals surface area contributed by atoms with Crippen molar-refractivity contribution in [1.82, 2.24) is 5.32 Å². The minimum absolute atomic E-state index is 0.346. The van der Waals surface area contributed by atoms with Gasteiger partial charge in [0.15, 0.2) is 0 Å². The van der Waals surface area contributed by atoms with Crippen LogP contribution in [0.2, 0.25) is 0 Å². The maximum atomic E-state index is 12.5. The summed E-state index contributed by atoms with van der Waals surface area (Å²) in [5, 5.41) is 3.02. The van der Waals surface area contributed by atoms with Gasteiger partial charge in [-0.3, -0.25) is 4.72 Å². The fraction of sp³-hybridized carbons (Fsp3) is 0.333. The molecule has 0 radical (unpaired) electrons. The first-order valence-corrected chi connectivity index (χ1v) is 9.21. The molecule has 2 N–H and O–H groups in total. The van der Waals surface area contributed by atoms with Crippen molar-refractivity contribution < 1.29 is 8.42 Å². The summed E-state index contributed by atoms with van der Waals surface area (Å²) < 4.78 is 28.0. The van der Waals surface area contributed by atoms with Crippen LogP contribution in [0, 0.1) is 0 Å². The lowest BCUT2D eigenvalue weighted by atomic mass is 10.1. The second-order valence-electron chi connectivity index (χ2n) is 4.76. The van der Waals surface area contributed by atoms with Crippen molar-refractivity contribution >= 4 is 27.0 Å². The number of thiophene rings is 1. The molecule has 0 saturated heterocycles. The first kappa shape index (κ1) is 16.0. The molecule has 0 atom stereocenters. The highest BCUT2D eigenvalue weighted by molar-refractivity contribution is 7.94. The monoisotopic (exact) mass is 324 g/mol. The fourth-order valence-corrected chi connectivity index (χ4v) is 4.54. The Morgan fingerprint density at radius 2 is 1.90 bits per heavy atom. The predicted octanol–water partition coefficient (Wildman–Crippen LogP) is 3.22. The molecule has 1 heterocycles. The Hall–Kier alpha value is -1.37. The number of benzene rings is 1. The van der Waals surface area contributed by atoms with Crippen molar-refractivity contribution in [3.8, 4) is 0 Å². The zero-order chi connectivity index (χ0) is 15.3. The van der Waals surface area contributed by atoms with Crippen LogP contribution in [-0.2, 0) is 23.0 Å². The maximum Gasteiger partial charge on any atom is 0.271 e. The van der Waals surface area contributed by atoms with Gasteiger partial charge in [-0.1, -0.05) is 31.5 Å². The Balaban J connectivity index is 2.24. The molecular weight excluding hydrogens is 304 g/mol. The molecule has 4 nitrogen and oxygen atoms in total. The zero-order valence-corrected chi connectivity index (χ0v) is 13.9. The maximum absolute atomic E-state index is 12.5. The van der Waals surface area contributed by atoms with Crippen LogP contribution in [0.4, 0.5) is 5.69 Å². The number of sulfonamides is 1. The van der Waals surface area contributed by atoms with Crippen LogP contribution in [0.5, 0.6) is 0 Å². The van der Waals surface area contributed by atoms with Gasteiger partial charge in [0, 0.05) is 11.4 Å². The lowest BCUT2D eigenvalue weighted by molar-refractivity contribution is 0.603. The van der Waals surface area contributed by atoms with Gasteiger partial charge in [-0.2, -0.15) is 0 Å². The summed E-state index contributed by atoms with van der Waals surface area (Å²) in [4.78, 5) is 1.000. The number of aryl methyl sites for hydroxylation is 1. The van der Waals surface area contributed by atoms with Gasteiger partial charge >= 0.3 is 0 Å². The highest BCUT2D eigenvalue weighted by Gasteiger charge is 2.18. The second kappa shape index (κ2) is 7.06. The van der Waals surface area contributed by atoms with Gasteiger partial charge in [-0.05, 0) is 37.2 Å². The first-order valence-electron chi connectivity index (χ1n) is 6.91. The van der Waals surface area contributed by atoms with Gasteiger partial charge in [0.2, 0.25) is 0 Å². The molecule has 0 aliphatic heterocycles. The quantitative estimate of drug-likeness (QED) is 0.822. The van der Waals surface area contributed by atoms with E-state index < -0.39 is 10.0 Å². The van der Waals surface area contributed by atoms with Crippen molar-refractivity contribution in [1.29, 1.82) is 0 Å². The van der Waals surface area contributed by atoms with Crippen molar-refractivity contribution in [2.75, 3.05) is 11.8 Å². The summed E-state index contributed by atoms with van der Waals surface area (Å²) >= 11 is 1.29. The van der Waals surface area contributed by atoms with E-state index in [9.17, 15) is 8.42 Å². The molecule has 0 aliphatic rings. The minimum atomic E-state index is -3.51. The summed E-state index contributed by atoms with van der Waals surface area (Å²) in [5.74, 6) is 0. The van der Waals surface area contributed by atoms with Crippen molar-refractivity contribution in [3.63, 3.8) is 0 Å². The van der Waals surface area contributed by atoms with E-state index in [0.717, 1.165) is 23.3 Å². The largest absolute Gasteiger partial charge is 0.315 e. The number of rotatable bonds is 7. The molecular formula is C15H20N2O2S2. The van der Waals surface area contributed by atoms with Gasteiger partial charge in [0.1, 0.15) is 4.21 Å². The summed E-state index contributed by atoms with van der Waals surface area (Å²) in [7, 11) is -1.67. The Kier molecular flexibility index (Phi) is 5.39. The molecule has 2 rings (SSSR count). The van der Waals surface area contributed by atoms with Gasteiger partial charge < -0.3 is 5.32 Å². The Morgan fingerprint density at radius 1 is 1.14 bits per heavy atom. The number of para-hydroxylation sites is 1. The molecule has 0 aliphatic carbocycles. The fourth-order valence-electron chi connectivity index (χ4n) is 2.07. The van der Waals surface area contributed by atoms with Crippen molar-refractivity contribution in [2.24, 2.45) is 0 Å². The smallest absolute Gasteiger partial charge is 0.271 e. The topological polar surface area (TPSA) is 58.2 Å². The molecule has 0 amide bonds. The highest BCUT2D eigenvalue weighted by Crippen LogP contribution is 2.26. The van der Waals surface area contributed by atoms with Crippen LogP contribution in [0.1, 0.15) is 23.8 Å². The molecule has 114 valence electrons. The second-order valence-corrected chi connectivity index (χ2v) is 7.84. The Bertz CT molecular complexity index is 693. The third-order valence-corrected chi connectivity index (χ3v) is 5.98. The lowest BCUT2D eigenvalue weighted by Gasteiger charge is -2.11. The average Bonchev–Trinajstić information content (AvgIpc) is 2.91. The number of hydrogen-bond acceptors (Lipinski definition) is 4. The molecule has 0 spiro atoms. The predicted molar refractivity (Wildman–Crippen MR) is 88.3 cm³/mol. The van der Waals surface area contributed by atoms with Gasteiger partial charge in [-0.15, -0.1) is 11.3 Å². The first-order chi connectivity index (χ1) is 10.1. The van der Waals surface area contributed by atoms with Crippen LogP contribution in [-0.4, -0.2) is 15.5 Å². The number of anilines is 1. The van der Waals surface area contributed by atoms with E-state index in [1.54, 1.807) is 6.07 Å². The summed E-state index contributed by atoms with van der Waals surface area (Å²) in [6.07, 6.45) is 1.83. The number of hydrogen-bond donors (Lipinski definition) is 2. The van der Waals surface area contributed by atoms with Crippen LogP contribution in [0.15, 0.2) is 40.6 Å². The van der Waals surface area contributed by atoms with E-state index in [1.165, 1.54) is 11.3 Å². The van der Waals surface area contributed by atoms with Crippen LogP contribution in [0.25, 0.3) is 0 Å². The molecule has 1 aromatic heterocycles. The van der Waals surface area contributed by atoms with Gasteiger partial charge in [-0.25, -0.2) is 8.42 Å². The number of nitrogens with one attached hydrogen (secondary N) is 2. The summed E-state index contributed by atoms with van der Waals surface area (Å²) in [6, 6.07) is 11.0. The molecule has 0 fully saturated rings. The standard InChI is InChI=1S/C15H20N2O2S2/c1-3-6-12-7-4-5-8-14(12)17-21(18,19)15-10-9-13(20-15)11-16-2/h4-5,7-10,16-17H,3,6,11H2,1-2H3. The van der Waals surface area contributed by atoms with E-state index in [-0.39, 0.29) is 0 Å².